The van der Waals surface area contributed by atoms with E-state index < -0.39 is 0 Å². The van der Waals surface area contributed by atoms with Crippen molar-refractivity contribution >= 4 is 0 Å². The molecule has 0 radical (unpaired) electrons. The molecule has 0 unspecified atom stereocenters. The standard InChI is InChI=1S/C6H12O2/c1-2-3-5(7)6-4-8-6/h5-7H,2-4H2,1H3/t5-,6+/m1/s1. The number of epoxide rings is 1. The Morgan fingerprint density at radius 2 is 2.50 bits per heavy atom. The molecular formula is C6H12O2. The minimum absolute atomic E-state index is 0.176. The summed E-state index contributed by atoms with van der Waals surface area (Å²) in [6.45, 7) is 2.83. The molecular weight excluding hydrogens is 104 g/mol. The van der Waals surface area contributed by atoms with Crippen molar-refractivity contribution < 1.29 is 9.84 Å². The van der Waals surface area contributed by atoms with Gasteiger partial charge in [-0.15, -0.1) is 0 Å². The molecule has 2 atom stereocenters. The van der Waals surface area contributed by atoms with Crippen molar-refractivity contribution in [2.75, 3.05) is 6.61 Å². The molecule has 1 heterocycles. The molecule has 0 saturated carbocycles. The van der Waals surface area contributed by atoms with E-state index >= 15 is 0 Å². The van der Waals surface area contributed by atoms with E-state index in [4.69, 9.17) is 9.84 Å². The maximum absolute atomic E-state index is 9.06. The molecule has 0 bridgehead atoms. The lowest BCUT2D eigenvalue weighted by atomic mass is 10.2. The highest BCUT2D eigenvalue weighted by molar-refractivity contribution is 4.77. The molecule has 1 fully saturated rings. The number of hydrogen-bond donors (Lipinski definition) is 1. The van der Waals surface area contributed by atoms with Crippen molar-refractivity contribution in [1.29, 1.82) is 0 Å². The van der Waals surface area contributed by atoms with E-state index in [0.717, 1.165) is 19.4 Å². The smallest absolute Gasteiger partial charge is 0.107 e. The second kappa shape index (κ2) is 2.46. The van der Waals surface area contributed by atoms with Crippen molar-refractivity contribution in [3.8, 4) is 0 Å². The molecule has 1 aliphatic rings. The van der Waals surface area contributed by atoms with Crippen molar-refractivity contribution in [2.45, 2.75) is 32.0 Å². The molecule has 0 amide bonds. The summed E-state index contributed by atoms with van der Waals surface area (Å²) >= 11 is 0. The van der Waals surface area contributed by atoms with Gasteiger partial charge >= 0.3 is 0 Å². The summed E-state index contributed by atoms with van der Waals surface area (Å²) in [5.74, 6) is 0. The summed E-state index contributed by atoms with van der Waals surface area (Å²) in [5, 5.41) is 9.06. The number of rotatable bonds is 3. The van der Waals surface area contributed by atoms with Gasteiger partial charge in [0.15, 0.2) is 0 Å². The Morgan fingerprint density at radius 1 is 1.88 bits per heavy atom. The first-order chi connectivity index (χ1) is 3.84. The van der Waals surface area contributed by atoms with Gasteiger partial charge in [-0.3, -0.25) is 0 Å². The second-order valence-electron chi connectivity index (χ2n) is 2.23. The summed E-state index contributed by atoms with van der Waals surface area (Å²) in [5.41, 5.74) is 0. The molecule has 0 spiro atoms. The monoisotopic (exact) mass is 116 g/mol. The van der Waals surface area contributed by atoms with Crippen molar-refractivity contribution in [1.82, 2.24) is 0 Å². The predicted octanol–water partition coefficient (Wildman–Crippen LogP) is 0.546. The minimum Gasteiger partial charge on any atom is -0.390 e. The van der Waals surface area contributed by atoms with Gasteiger partial charge in [0.25, 0.3) is 0 Å². The molecule has 1 aliphatic heterocycles. The SMILES string of the molecule is CCC[C@@H](O)[C@@H]1CO1. The van der Waals surface area contributed by atoms with Gasteiger partial charge in [-0.1, -0.05) is 13.3 Å². The fraction of sp³-hybridized carbons (Fsp3) is 1.00. The van der Waals surface area contributed by atoms with Crippen LogP contribution in [-0.4, -0.2) is 23.9 Å². The lowest BCUT2D eigenvalue weighted by Gasteiger charge is -2.01. The van der Waals surface area contributed by atoms with Gasteiger partial charge in [-0.2, -0.15) is 0 Å². The third kappa shape index (κ3) is 1.46. The van der Waals surface area contributed by atoms with Gasteiger partial charge < -0.3 is 9.84 Å². The molecule has 2 nitrogen and oxygen atoms in total. The van der Waals surface area contributed by atoms with Crippen molar-refractivity contribution in [3.63, 3.8) is 0 Å². The average Bonchev–Trinajstić information content (AvgIpc) is 2.45. The molecule has 1 N–H and O–H groups in total. The Morgan fingerprint density at radius 3 is 2.88 bits per heavy atom. The number of aliphatic hydroxyl groups excluding tert-OH is 1. The van der Waals surface area contributed by atoms with Gasteiger partial charge in [0.05, 0.1) is 12.7 Å². The average molecular weight is 116 g/mol. The van der Waals surface area contributed by atoms with E-state index in [0.29, 0.717) is 0 Å². The van der Waals surface area contributed by atoms with Crippen LogP contribution in [0.1, 0.15) is 19.8 Å². The highest BCUT2D eigenvalue weighted by Crippen LogP contribution is 2.16. The Balaban J connectivity index is 2.03. The fourth-order valence-corrected chi connectivity index (χ4v) is 0.759. The van der Waals surface area contributed by atoms with Crippen LogP contribution >= 0.6 is 0 Å². The van der Waals surface area contributed by atoms with Gasteiger partial charge in [-0.05, 0) is 6.42 Å². The summed E-state index contributed by atoms with van der Waals surface area (Å²) < 4.78 is 4.87. The maximum Gasteiger partial charge on any atom is 0.107 e. The van der Waals surface area contributed by atoms with Crippen LogP contribution in [0.25, 0.3) is 0 Å². The highest BCUT2D eigenvalue weighted by Gasteiger charge is 2.29. The zero-order valence-electron chi connectivity index (χ0n) is 5.13. The lowest BCUT2D eigenvalue weighted by molar-refractivity contribution is 0.126. The van der Waals surface area contributed by atoms with E-state index in [2.05, 4.69) is 6.92 Å². The number of hydrogen-bond acceptors (Lipinski definition) is 2. The highest BCUT2D eigenvalue weighted by atomic mass is 16.6. The van der Waals surface area contributed by atoms with Crippen LogP contribution in [0.2, 0.25) is 0 Å². The molecule has 2 heteroatoms. The Bertz CT molecular complexity index is 68.9. The van der Waals surface area contributed by atoms with Gasteiger partial charge in [0, 0.05) is 0 Å². The van der Waals surface area contributed by atoms with Crippen LogP contribution in [0.15, 0.2) is 0 Å². The molecule has 0 aromatic carbocycles. The molecule has 1 rings (SSSR count). The third-order valence-electron chi connectivity index (χ3n) is 1.37. The molecule has 0 aliphatic carbocycles. The molecule has 0 aromatic heterocycles. The zero-order valence-corrected chi connectivity index (χ0v) is 5.13. The summed E-state index contributed by atoms with van der Waals surface area (Å²) in [7, 11) is 0. The second-order valence-corrected chi connectivity index (χ2v) is 2.23. The molecule has 8 heavy (non-hydrogen) atoms. The van der Waals surface area contributed by atoms with E-state index in [-0.39, 0.29) is 12.2 Å². The first-order valence-electron chi connectivity index (χ1n) is 3.14. The van der Waals surface area contributed by atoms with Crippen LogP contribution in [0.3, 0.4) is 0 Å². The lowest BCUT2D eigenvalue weighted by Crippen LogP contribution is -2.13. The first kappa shape index (κ1) is 6.05. The molecule has 0 aromatic rings. The minimum atomic E-state index is -0.194. The summed E-state index contributed by atoms with van der Waals surface area (Å²) in [6.07, 6.45) is 1.90. The zero-order chi connectivity index (χ0) is 5.98. The predicted molar refractivity (Wildman–Crippen MR) is 30.7 cm³/mol. The van der Waals surface area contributed by atoms with Crippen LogP contribution in [0, 0.1) is 0 Å². The molecule has 1 saturated heterocycles. The summed E-state index contributed by atoms with van der Waals surface area (Å²) in [6, 6.07) is 0. The quantitative estimate of drug-likeness (QED) is 0.546. The Labute approximate surface area is 49.5 Å². The largest absolute Gasteiger partial charge is 0.390 e. The fourth-order valence-electron chi connectivity index (χ4n) is 0.759. The van der Waals surface area contributed by atoms with E-state index in [9.17, 15) is 0 Å². The normalized spacial score (nSPS) is 30.0. The maximum atomic E-state index is 9.06. The number of ether oxygens (including phenoxy) is 1. The van der Waals surface area contributed by atoms with E-state index in [1.165, 1.54) is 0 Å². The molecule has 48 valence electrons. The third-order valence-corrected chi connectivity index (χ3v) is 1.37. The van der Waals surface area contributed by atoms with Gasteiger partial charge in [-0.25, -0.2) is 0 Å². The van der Waals surface area contributed by atoms with Crippen LogP contribution in [-0.2, 0) is 4.74 Å². The van der Waals surface area contributed by atoms with Crippen molar-refractivity contribution in [3.05, 3.63) is 0 Å². The Hall–Kier alpha value is -0.0800. The first-order valence-corrected chi connectivity index (χ1v) is 3.14. The van der Waals surface area contributed by atoms with Crippen LogP contribution in [0.5, 0.6) is 0 Å². The van der Waals surface area contributed by atoms with E-state index in [1.54, 1.807) is 0 Å². The van der Waals surface area contributed by atoms with E-state index in [1.807, 2.05) is 0 Å². The van der Waals surface area contributed by atoms with Crippen molar-refractivity contribution in [2.24, 2.45) is 0 Å². The summed E-state index contributed by atoms with van der Waals surface area (Å²) in [4.78, 5) is 0. The van der Waals surface area contributed by atoms with Gasteiger partial charge in [0.2, 0.25) is 0 Å². The number of aliphatic hydroxyl groups is 1. The van der Waals surface area contributed by atoms with Crippen LogP contribution in [0.4, 0.5) is 0 Å². The van der Waals surface area contributed by atoms with Crippen LogP contribution < -0.4 is 0 Å². The topological polar surface area (TPSA) is 32.8 Å². The van der Waals surface area contributed by atoms with Gasteiger partial charge in [0.1, 0.15) is 6.10 Å². The Kier molecular flexibility index (Phi) is 1.86.